The number of nitrogens with zero attached hydrogens (tertiary/aromatic N) is 3. The molecule has 0 amide bonds. The molecule has 3 aromatic heterocycles. The zero-order chi connectivity index (χ0) is 25.8. The maximum absolute atomic E-state index is 14.1. The number of rotatable bonds is 6. The fourth-order valence-electron chi connectivity index (χ4n) is 4.53. The van der Waals surface area contributed by atoms with Crippen molar-refractivity contribution >= 4 is 55.2 Å². The second-order valence-corrected chi connectivity index (χ2v) is 11.3. The van der Waals surface area contributed by atoms with Crippen LogP contribution < -0.4 is 9.47 Å². The van der Waals surface area contributed by atoms with Crippen LogP contribution in [0.4, 0.5) is 0 Å². The number of benzene rings is 2. The third-order valence-electron chi connectivity index (χ3n) is 6.25. The minimum atomic E-state index is -4.09. The summed E-state index contributed by atoms with van der Waals surface area (Å²) < 4.78 is 42.4. The van der Waals surface area contributed by atoms with Crippen molar-refractivity contribution in [3.05, 3.63) is 72.1 Å². The summed E-state index contributed by atoms with van der Waals surface area (Å²) in [5.74, 6) is 1.06. The average Bonchev–Trinajstić information content (AvgIpc) is 3.38. The predicted molar refractivity (Wildman–Crippen MR) is 143 cm³/mol. The Morgan fingerprint density at radius 2 is 1.64 bits per heavy atom. The topological polar surface area (TPSA) is 75.4 Å². The summed E-state index contributed by atoms with van der Waals surface area (Å²) in [6, 6.07) is 13.8. The van der Waals surface area contributed by atoms with E-state index in [0.717, 1.165) is 16.5 Å². The van der Waals surface area contributed by atoms with E-state index in [1.54, 1.807) is 56.8 Å². The lowest BCUT2D eigenvalue weighted by Crippen LogP contribution is -2.15. The standard InChI is InChI=1S/C26H23Cl2N3O4S/c1-15-7-9-16(10-8-15)36(32,33)31-24(23(25(27)28)17-6-5-11-29-26(17)31)19-14-30(2)20-13-22(35-4)21(34-3)12-18(19)20/h5-14,25H,1-4H3. The highest BCUT2D eigenvalue weighted by molar-refractivity contribution is 7.90. The molecule has 0 N–H and O–H groups in total. The third-order valence-corrected chi connectivity index (χ3v) is 8.40. The highest BCUT2D eigenvalue weighted by atomic mass is 35.5. The van der Waals surface area contributed by atoms with E-state index in [1.165, 1.54) is 3.97 Å². The second kappa shape index (κ2) is 9.03. The number of pyridine rings is 1. The highest BCUT2D eigenvalue weighted by Crippen LogP contribution is 2.46. The molecule has 36 heavy (non-hydrogen) atoms. The molecule has 0 saturated heterocycles. The van der Waals surface area contributed by atoms with E-state index in [9.17, 15) is 8.42 Å². The molecule has 3 heterocycles. The number of alkyl halides is 2. The number of methoxy groups -OCH3 is 2. The van der Waals surface area contributed by atoms with Crippen molar-refractivity contribution in [2.45, 2.75) is 16.7 Å². The molecule has 5 rings (SSSR count). The first kappa shape index (κ1) is 24.5. The van der Waals surface area contributed by atoms with Crippen LogP contribution in [0.3, 0.4) is 0 Å². The van der Waals surface area contributed by atoms with E-state index in [4.69, 9.17) is 32.7 Å². The molecule has 0 saturated carbocycles. The molecule has 0 aliphatic heterocycles. The fraction of sp³-hybridized carbons (Fsp3) is 0.192. The second-order valence-electron chi connectivity index (χ2n) is 8.40. The molecule has 10 heteroatoms. The molecule has 0 radical (unpaired) electrons. The SMILES string of the molecule is COc1cc2c(-c3c(C(Cl)Cl)c4cccnc4n3S(=O)(=O)c3ccc(C)cc3)cn(C)c2cc1OC. The molecule has 0 spiro atoms. The molecule has 0 aliphatic rings. The van der Waals surface area contributed by atoms with Gasteiger partial charge < -0.3 is 14.0 Å². The van der Waals surface area contributed by atoms with Crippen molar-refractivity contribution in [3.63, 3.8) is 0 Å². The molecular formula is C26H23Cl2N3O4S. The summed E-state index contributed by atoms with van der Waals surface area (Å²) >= 11 is 13.0. The number of hydrogen-bond acceptors (Lipinski definition) is 5. The molecule has 2 aromatic carbocycles. The monoisotopic (exact) mass is 543 g/mol. The maximum atomic E-state index is 14.1. The van der Waals surface area contributed by atoms with Crippen molar-refractivity contribution in [2.24, 2.45) is 7.05 Å². The Labute approximate surface area is 218 Å². The van der Waals surface area contributed by atoms with E-state index in [-0.39, 0.29) is 10.5 Å². The Balaban J connectivity index is 1.96. The van der Waals surface area contributed by atoms with Crippen LogP contribution >= 0.6 is 23.2 Å². The Morgan fingerprint density at radius 1 is 0.972 bits per heavy atom. The van der Waals surface area contributed by atoms with Gasteiger partial charge in [-0.05, 0) is 37.3 Å². The van der Waals surface area contributed by atoms with Crippen molar-refractivity contribution in [2.75, 3.05) is 14.2 Å². The summed E-state index contributed by atoms with van der Waals surface area (Å²) in [4.78, 5) is 3.55. The van der Waals surface area contributed by atoms with Gasteiger partial charge in [-0.1, -0.05) is 40.9 Å². The van der Waals surface area contributed by atoms with Gasteiger partial charge in [0.15, 0.2) is 17.1 Å². The smallest absolute Gasteiger partial charge is 0.269 e. The molecular weight excluding hydrogens is 521 g/mol. The summed E-state index contributed by atoms with van der Waals surface area (Å²) in [6.07, 6.45) is 3.39. The summed E-state index contributed by atoms with van der Waals surface area (Å²) in [5.41, 5.74) is 3.42. The van der Waals surface area contributed by atoms with Gasteiger partial charge in [-0.2, -0.15) is 0 Å². The number of hydrogen-bond donors (Lipinski definition) is 0. The molecule has 0 atom stereocenters. The summed E-state index contributed by atoms with van der Waals surface area (Å²) in [7, 11) is 0.895. The predicted octanol–water partition coefficient (Wildman–Crippen LogP) is 6.23. The van der Waals surface area contributed by atoms with Gasteiger partial charge in [-0.15, -0.1) is 0 Å². The van der Waals surface area contributed by atoms with Gasteiger partial charge in [0.05, 0.1) is 30.3 Å². The molecule has 0 unspecified atom stereocenters. The van der Waals surface area contributed by atoms with Gasteiger partial charge in [-0.25, -0.2) is 17.4 Å². The van der Waals surface area contributed by atoms with Crippen LogP contribution in [0.5, 0.6) is 11.5 Å². The van der Waals surface area contributed by atoms with Crippen molar-refractivity contribution in [1.82, 2.24) is 13.5 Å². The van der Waals surface area contributed by atoms with Crippen LogP contribution in [0.15, 0.2) is 65.8 Å². The van der Waals surface area contributed by atoms with E-state index < -0.39 is 14.9 Å². The van der Waals surface area contributed by atoms with Gasteiger partial charge in [0, 0.05) is 47.4 Å². The van der Waals surface area contributed by atoms with Crippen LogP contribution in [0.2, 0.25) is 0 Å². The third kappa shape index (κ3) is 3.72. The van der Waals surface area contributed by atoms with Crippen LogP contribution in [-0.4, -0.2) is 36.2 Å². The van der Waals surface area contributed by atoms with E-state index in [0.29, 0.717) is 33.7 Å². The molecule has 0 fully saturated rings. The highest BCUT2D eigenvalue weighted by Gasteiger charge is 2.32. The summed E-state index contributed by atoms with van der Waals surface area (Å²) in [6.45, 7) is 1.90. The number of aromatic nitrogens is 3. The Hall–Kier alpha value is -3.20. The van der Waals surface area contributed by atoms with Crippen LogP contribution in [-0.2, 0) is 17.1 Å². The molecule has 7 nitrogen and oxygen atoms in total. The number of halogens is 2. The Kier molecular flexibility index (Phi) is 6.14. The fourth-order valence-corrected chi connectivity index (χ4v) is 6.48. The zero-order valence-electron chi connectivity index (χ0n) is 20.0. The number of ether oxygens (including phenoxy) is 2. The largest absolute Gasteiger partial charge is 0.493 e. The summed E-state index contributed by atoms with van der Waals surface area (Å²) in [5, 5.41) is 1.30. The normalized spacial score (nSPS) is 12.1. The Morgan fingerprint density at radius 3 is 2.28 bits per heavy atom. The van der Waals surface area contributed by atoms with Gasteiger partial charge >= 0.3 is 0 Å². The van der Waals surface area contributed by atoms with Gasteiger partial charge in [0.1, 0.15) is 4.84 Å². The Bertz CT molecular complexity index is 1720. The lowest BCUT2D eigenvalue weighted by atomic mass is 10.1. The van der Waals surface area contributed by atoms with E-state index in [1.807, 2.05) is 36.9 Å². The van der Waals surface area contributed by atoms with Crippen molar-refractivity contribution in [1.29, 1.82) is 0 Å². The zero-order valence-corrected chi connectivity index (χ0v) is 22.3. The van der Waals surface area contributed by atoms with E-state index >= 15 is 0 Å². The first-order valence-electron chi connectivity index (χ1n) is 11.0. The average molecular weight is 544 g/mol. The van der Waals surface area contributed by atoms with Gasteiger partial charge in [0.25, 0.3) is 10.0 Å². The molecule has 0 aliphatic carbocycles. The molecule has 0 bridgehead atoms. The van der Waals surface area contributed by atoms with Gasteiger partial charge in [0.2, 0.25) is 0 Å². The minimum Gasteiger partial charge on any atom is -0.493 e. The quantitative estimate of drug-likeness (QED) is 0.237. The molecule has 5 aromatic rings. The first-order valence-corrected chi connectivity index (χ1v) is 13.3. The van der Waals surface area contributed by atoms with Gasteiger partial charge in [-0.3, -0.25) is 0 Å². The van der Waals surface area contributed by atoms with Crippen molar-refractivity contribution < 1.29 is 17.9 Å². The van der Waals surface area contributed by atoms with Crippen LogP contribution in [0, 0.1) is 6.92 Å². The first-order chi connectivity index (χ1) is 17.2. The minimum absolute atomic E-state index is 0.128. The maximum Gasteiger partial charge on any atom is 0.269 e. The lowest BCUT2D eigenvalue weighted by molar-refractivity contribution is 0.355. The van der Waals surface area contributed by atoms with Crippen LogP contribution in [0.25, 0.3) is 33.2 Å². The van der Waals surface area contributed by atoms with Crippen LogP contribution in [0.1, 0.15) is 16.0 Å². The van der Waals surface area contributed by atoms with Crippen molar-refractivity contribution in [3.8, 4) is 22.8 Å². The number of fused-ring (bicyclic) bond motifs is 2. The van der Waals surface area contributed by atoms with E-state index in [2.05, 4.69) is 4.98 Å². The molecule has 186 valence electrons. The lowest BCUT2D eigenvalue weighted by Gasteiger charge is -2.14. The number of aryl methyl sites for hydroxylation is 2.